The highest BCUT2D eigenvalue weighted by atomic mass is 16.2. The Bertz CT molecular complexity index is 928. The lowest BCUT2D eigenvalue weighted by atomic mass is 9.94. The molecule has 1 aliphatic heterocycles. The fourth-order valence-electron chi connectivity index (χ4n) is 4.04. The van der Waals surface area contributed by atoms with Crippen molar-refractivity contribution < 1.29 is 4.79 Å². The summed E-state index contributed by atoms with van der Waals surface area (Å²) in [6.45, 7) is 0.838. The summed E-state index contributed by atoms with van der Waals surface area (Å²) >= 11 is 0. The number of aryl methyl sites for hydroxylation is 1. The van der Waals surface area contributed by atoms with Crippen LogP contribution in [0.15, 0.2) is 33.9 Å². The molecule has 1 aliphatic carbocycles. The summed E-state index contributed by atoms with van der Waals surface area (Å²) in [4.78, 5) is 43.1. The third-order valence-corrected chi connectivity index (χ3v) is 5.35. The van der Waals surface area contributed by atoms with Gasteiger partial charge in [-0.05, 0) is 43.2 Å². The first-order chi connectivity index (χ1) is 12.1. The van der Waals surface area contributed by atoms with Gasteiger partial charge in [-0.25, -0.2) is 4.79 Å². The predicted molar refractivity (Wildman–Crippen MR) is 93.4 cm³/mol. The Kier molecular flexibility index (Phi) is 4.03. The van der Waals surface area contributed by atoms with Gasteiger partial charge in [-0.2, -0.15) is 0 Å². The SMILES string of the molecule is O=C(C1CCCc2ccccc2C1)N1CCc2c([nH]c(=O)[nH]c2=O)C1. The van der Waals surface area contributed by atoms with Gasteiger partial charge in [0.1, 0.15) is 0 Å². The lowest BCUT2D eigenvalue weighted by molar-refractivity contribution is -0.136. The Labute approximate surface area is 144 Å². The van der Waals surface area contributed by atoms with E-state index in [1.165, 1.54) is 11.1 Å². The average molecular weight is 339 g/mol. The highest BCUT2D eigenvalue weighted by Gasteiger charge is 2.30. The maximum Gasteiger partial charge on any atom is 0.325 e. The van der Waals surface area contributed by atoms with Crippen molar-refractivity contribution in [3.63, 3.8) is 0 Å². The number of aromatic amines is 2. The van der Waals surface area contributed by atoms with Crippen molar-refractivity contribution in [3.05, 3.63) is 67.5 Å². The van der Waals surface area contributed by atoms with Gasteiger partial charge in [0.15, 0.2) is 0 Å². The summed E-state index contributed by atoms with van der Waals surface area (Å²) in [6, 6.07) is 8.34. The quantitative estimate of drug-likeness (QED) is 0.764. The Balaban J connectivity index is 1.56. The number of hydrogen-bond acceptors (Lipinski definition) is 3. The van der Waals surface area contributed by atoms with Gasteiger partial charge in [0.25, 0.3) is 5.56 Å². The lowest BCUT2D eigenvalue weighted by Crippen LogP contribution is -2.43. The van der Waals surface area contributed by atoms with Crippen LogP contribution in [0.3, 0.4) is 0 Å². The van der Waals surface area contributed by atoms with E-state index in [2.05, 4.69) is 28.2 Å². The first kappa shape index (κ1) is 15.9. The Hall–Kier alpha value is -2.63. The standard InChI is InChI=1S/C19H21N3O3/c23-17-15-8-9-22(11-16(15)20-19(25)21-17)18(24)14-7-3-6-12-4-1-2-5-13(12)10-14/h1-2,4-5,14H,3,6-11H2,(H2,20,21,23,25). The summed E-state index contributed by atoms with van der Waals surface area (Å²) in [5.41, 5.74) is 2.92. The van der Waals surface area contributed by atoms with Gasteiger partial charge in [0.2, 0.25) is 5.91 Å². The smallest absolute Gasteiger partial charge is 0.325 e. The maximum atomic E-state index is 13.0. The van der Waals surface area contributed by atoms with Crippen LogP contribution in [0.2, 0.25) is 0 Å². The number of hydrogen-bond donors (Lipinski definition) is 2. The molecule has 2 N–H and O–H groups in total. The van der Waals surface area contributed by atoms with Crippen molar-refractivity contribution in [2.45, 2.75) is 38.6 Å². The molecular weight excluding hydrogens is 318 g/mol. The highest BCUT2D eigenvalue weighted by molar-refractivity contribution is 5.79. The van der Waals surface area contributed by atoms with E-state index < -0.39 is 5.69 Å². The van der Waals surface area contributed by atoms with Crippen LogP contribution in [0.4, 0.5) is 0 Å². The Morgan fingerprint density at radius 2 is 1.88 bits per heavy atom. The van der Waals surface area contributed by atoms with Crippen LogP contribution in [0.5, 0.6) is 0 Å². The maximum absolute atomic E-state index is 13.0. The van der Waals surface area contributed by atoms with Crippen LogP contribution in [0.25, 0.3) is 0 Å². The molecule has 2 aliphatic rings. The number of nitrogens with zero attached hydrogens (tertiary/aromatic N) is 1. The Morgan fingerprint density at radius 3 is 2.72 bits per heavy atom. The van der Waals surface area contributed by atoms with Gasteiger partial charge < -0.3 is 9.88 Å². The third-order valence-electron chi connectivity index (χ3n) is 5.35. The van der Waals surface area contributed by atoms with Crippen LogP contribution in [0.1, 0.15) is 35.2 Å². The van der Waals surface area contributed by atoms with Crippen LogP contribution < -0.4 is 11.2 Å². The van der Waals surface area contributed by atoms with Crippen LogP contribution >= 0.6 is 0 Å². The minimum Gasteiger partial charge on any atom is -0.336 e. The Morgan fingerprint density at radius 1 is 1.08 bits per heavy atom. The molecule has 6 nitrogen and oxygen atoms in total. The molecular formula is C19H21N3O3. The average Bonchev–Trinajstić information content (AvgIpc) is 2.82. The van der Waals surface area contributed by atoms with E-state index in [0.29, 0.717) is 30.8 Å². The van der Waals surface area contributed by atoms with E-state index in [-0.39, 0.29) is 17.4 Å². The molecule has 0 fully saturated rings. The molecule has 1 atom stereocenters. The summed E-state index contributed by atoms with van der Waals surface area (Å²) in [6.07, 6.45) is 4.16. The molecule has 0 saturated carbocycles. The van der Waals surface area contributed by atoms with Crippen molar-refractivity contribution in [2.24, 2.45) is 5.92 Å². The number of H-pyrrole nitrogens is 2. The number of carbonyl (C=O) groups is 1. The van der Waals surface area contributed by atoms with Crippen molar-refractivity contribution in [2.75, 3.05) is 6.54 Å². The molecule has 1 unspecified atom stereocenters. The molecule has 1 aromatic carbocycles. The molecule has 25 heavy (non-hydrogen) atoms. The third kappa shape index (κ3) is 3.04. The molecule has 1 aromatic heterocycles. The van der Waals surface area contributed by atoms with E-state index in [4.69, 9.17) is 0 Å². The lowest BCUT2D eigenvalue weighted by Gasteiger charge is -2.31. The van der Waals surface area contributed by atoms with E-state index in [0.717, 1.165) is 25.7 Å². The van der Waals surface area contributed by atoms with E-state index >= 15 is 0 Å². The molecule has 0 saturated heterocycles. The molecule has 2 heterocycles. The zero-order chi connectivity index (χ0) is 17.4. The van der Waals surface area contributed by atoms with Crippen molar-refractivity contribution in [3.8, 4) is 0 Å². The number of nitrogens with one attached hydrogen (secondary N) is 2. The van der Waals surface area contributed by atoms with E-state index in [1.807, 2.05) is 6.07 Å². The van der Waals surface area contributed by atoms with Gasteiger partial charge in [-0.1, -0.05) is 24.3 Å². The molecule has 1 amide bonds. The van der Waals surface area contributed by atoms with Gasteiger partial charge in [0.05, 0.1) is 6.54 Å². The second-order valence-electron chi connectivity index (χ2n) is 6.94. The largest absolute Gasteiger partial charge is 0.336 e. The van der Waals surface area contributed by atoms with Crippen LogP contribution in [-0.2, 0) is 30.6 Å². The second kappa shape index (κ2) is 6.35. The molecule has 0 spiro atoms. The topological polar surface area (TPSA) is 86.0 Å². The fraction of sp³-hybridized carbons (Fsp3) is 0.421. The van der Waals surface area contributed by atoms with Crippen LogP contribution in [0, 0.1) is 5.92 Å². The van der Waals surface area contributed by atoms with Gasteiger partial charge >= 0.3 is 5.69 Å². The number of benzene rings is 1. The minimum atomic E-state index is -0.513. The van der Waals surface area contributed by atoms with Crippen molar-refractivity contribution >= 4 is 5.91 Å². The number of aromatic nitrogens is 2. The summed E-state index contributed by atoms with van der Waals surface area (Å²) in [7, 11) is 0. The zero-order valence-corrected chi connectivity index (χ0v) is 14.0. The number of fused-ring (bicyclic) bond motifs is 2. The van der Waals surface area contributed by atoms with Gasteiger partial charge in [0, 0.05) is 23.7 Å². The molecule has 130 valence electrons. The highest BCUT2D eigenvalue weighted by Crippen LogP contribution is 2.27. The monoisotopic (exact) mass is 339 g/mol. The summed E-state index contributed by atoms with van der Waals surface area (Å²) in [5.74, 6) is 0.0994. The first-order valence-electron chi connectivity index (χ1n) is 8.82. The molecule has 0 bridgehead atoms. The molecule has 4 rings (SSSR count). The molecule has 2 aromatic rings. The normalized spacial score (nSPS) is 19.7. The zero-order valence-electron chi connectivity index (χ0n) is 14.0. The summed E-state index contributed by atoms with van der Waals surface area (Å²) < 4.78 is 0. The second-order valence-corrected chi connectivity index (χ2v) is 6.94. The van der Waals surface area contributed by atoms with Crippen LogP contribution in [-0.4, -0.2) is 27.3 Å². The first-order valence-corrected chi connectivity index (χ1v) is 8.82. The molecule has 6 heteroatoms. The number of carbonyl (C=O) groups excluding carboxylic acids is 1. The molecule has 0 radical (unpaired) electrons. The predicted octanol–water partition coefficient (Wildman–Crippen LogP) is 1.14. The number of rotatable bonds is 1. The fourth-order valence-corrected chi connectivity index (χ4v) is 4.04. The minimum absolute atomic E-state index is 0.0288. The summed E-state index contributed by atoms with van der Waals surface area (Å²) in [5, 5.41) is 0. The van der Waals surface area contributed by atoms with Crippen molar-refractivity contribution in [1.29, 1.82) is 0 Å². The van der Waals surface area contributed by atoms with Crippen molar-refractivity contribution in [1.82, 2.24) is 14.9 Å². The number of amides is 1. The van der Waals surface area contributed by atoms with Gasteiger partial charge in [-0.15, -0.1) is 0 Å². The van der Waals surface area contributed by atoms with E-state index in [1.54, 1.807) is 4.90 Å². The van der Waals surface area contributed by atoms with Gasteiger partial charge in [-0.3, -0.25) is 14.6 Å². The van der Waals surface area contributed by atoms with E-state index in [9.17, 15) is 14.4 Å².